The van der Waals surface area contributed by atoms with Crippen LogP contribution in [0.3, 0.4) is 0 Å². The number of hydrogen-bond acceptors (Lipinski definition) is 3. The van der Waals surface area contributed by atoms with Crippen molar-refractivity contribution < 1.29 is 4.74 Å². The Hall–Kier alpha value is -0.870. The molecule has 1 atom stereocenters. The lowest BCUT2D eigenvalue weighted by Crippen LogP contribution is -2.27. The molecule has 2 saturated heterocycles. The molecule has 2 aliphatic heterocycles. The maximum atomic E-state index is 5.76. The fourth-order valence-electron chi connectivity index (χ4n) is 3.41. The summed E-state index contributed by atoms with van der Waals surface area (Å²) in [5.74, 6) is 0.682. The predicted octanol–water partition coefficient (Wildman–Crippen LogP) is 2.28. The van der Waals surface area contributed by atoms with Crippen molar-refractivity contribution in [1.29, 1.82) is 0 Å². The SMILES string of the molecule is Cc1nn(C2CCCO2)c(C)c1C1CCNCC1. The van der Waals surface area contributed by atoms with Crippen LogP contribution in [0, 0.1) is 13.8 Å². The van der Waals surface area contributed by atoms with Crippen LogP contribution in [-0.4, -0.2) is 29.5 Å². The van der Waals surface area contributed by atoms with Crippen molar-refractivity contribution in [2.45, 2.75) is 51.7 Å². The Bertz CT molecular complexity index is 415. The van der Waals surface area contributed by atoms with Crippen LogP contribution in [0.5, 0.6) is 0 Å². The molecule has 18 heavy (non-hydrogen) atoms. The molecule has 1 aromatic rings. The van der Waals surface area contributed by atoms with Gasteiger partial charge in [-0.2, -0.15) is 5.10 Å². The molecule has 100 valence electrons. The summed E-state index contributed by atoms with van der Waals surface area (Å²) in [7, 11) is 0. The number of nitrogens with zero attached hydrogens (tertiary/aromatic N) is 2. The van der Waals surface area contributed by atoms with Crippen LogP contribution in [0.2, 0.25) is 0 Å². The second-order valence-electron chi connectivity index (χ2n) is 5.52. The summed E-state index contributed by atoms with van der Waals surface area (Å²) < 4.78 is 7.89. The first kappa shape index (κ1) is 12.2. The molecule has 1 unspecified atom stereocenters. The zero-order valence-electron chi connectivity index (χ0n) is 11.4. The van der Waals surface area contributed by atoms with Crippen LogP contribution in [0.15, 0.2) is 0 Å². The first-order valence-corrected chi connectivity index (χ1v) is 7.15. The molecule has 0 aliphatic carbocycles. The molecular weight excluding hydrogens is 226 g/mol. The molecule has 4 heteroatoms. The summed E-state index contributed by atoms with van der Waals surface area (Å²) >= 11 is 0. The lowest BCUT2D eigenvalue weighted by molar-refractivity contribution is 0.0448. The molecule has 0 radical (unpaired) electrons. The minimum atomic E-state index is 0.180. The van der Waals surface area contributed by atoms with Gasteiger partial charge in [0.1, 0.15) is 0 Å². The zero-order valence-corrected chi connectivity index (χ0v) is 11.4. The average molecular weight is 249 g/mol. The number of hydrogen-bond donors (Lipinski definition) is 1. The van der Waals surface area contributed by atoms with Crippen molar-refractivity contribution in [3.63, 3.8) is 0 Å². The van der Waals surface area contributed by atoms with Crippen molar-refractivity contribution >= 4 is 0 Å². The molecule has 1 N–H and O–H groups in total. The highest BCUT2D eigenvalue weighted by molar-refractivity contribution is 5.29. The van der Waals surface area contributed by atoms with Gasteiger partial charge in [0.05, 0.1) is 5.69 Å². The molecule has 0 aromatic carbocycles. The maximum absolute atomic E-state index is 5.76. The van der Waals surface area contributed by atoms with Crippen LogP contribution >= 0.6 is 0 Å². The Morgan fingerprint density at radius 1 is 1.22 bits per heavy atom. The maximum Gasteiger partial charge on any atom is 0.150 e. The van der Waals surface area contributed by atoms with E-state index in [1.165, 1.54) is 29.8 Å². The number of piperidine rings is 1. The van der Waals surface area contributed by atoms with E-state index in [-0.39, 0.29) is 6.23 Å². The molecule has 3 rings (SSSR count). The van der Waals surface area contributed by atoms with Gasteiger partial charge < -0.3 is 10.1 Å². The lowest BCUT2D eigenvalue weighted by atomic mass is 9.89. The van der Waals surface area contributed by atoms with Crippen molar-refractivity contribution in [3.8, 4) is 0 Å². The third kappa shape index (κ3) is 2.08. The van der Waals surface area contributed by atoms with E-state index < -0.39 is 0 Å². The van der Waals surface area contributed by atoms with Crippen LogP contribution in [0.25, 0.3) is 0 Å². The second kappa shape index (κ2) is 5.02. The third-order valence-corrected chi connectivity index (χ3v) is 4.31. The van der Waals surface area contributed by atoms with Crippen LogP contribution in [0.1, 0.15) is 54.8 Å². The first-order chi connectivity index (χ1) is 8.77. The van der Waals surface area contributed by atoms with E-state index >= 15 is 0 Å². The van der Waals surface area contributed by atoms with E-state index in [1.807, 2.05) is 0 Å². The Labute approximate surface area is 109 Å². The fraction of sp³-hybridized carbons (Fsp3) is 0.786. The minimum Gasteiger partial charge on any atom is -0.357 e. The molecule has 0 spiro atoms. The molecule has 0 saturated carbocycles. The summed E-state index contributed by atoms with van der Waals surface area (Å²) in [5.41, 5.74) is 4.01. The molecule has 1 aromatic heterocycles. The van der Waals surface area contributed by atoms with E-state index in [4.69, 9.17) is 9.84 Å². The van der Waals surface area contributed by atoms with E-state index in [9.17, 15) is 0 Å². The topological polar surface area (TPSA) is 39.1 Å². The van der Waals surface area contributed by atoms with Gasteiger partial charge in [0.2, 0.25) is 0 Å². The minimum absolute atomic E-state index is 0.180. The highest BCUT2D eigenvalue weighted by Crippen LogP contribution is 2.33. The van der Waals surface area contributed by atoms with Gasteiger partial charge in [-0.1, -0.05) is 0 Å². The monoisotopic (exact) mass is 249 g/mol. The third-order valence-electron chi connectivity index (χ3n) is 4.31. The van der Waals surface area contributed by atoms with Crippen LogP contribution < -0.4 is 5.32 Å². The fourth-order valence-corrected chi connectivity index (χ4v) is 3.41. The van der Waals surface area contributed by atoms with Crippen molar-refractivity contribution in [1.82, 2.24) is 15.1 Å². The van der Waals surface area contributed by atoms with Crippen molar-refractivity contribution in [2.24, 2.45) is 0 Å². The molecule has 4 nitrogen and oxygen atoms in total. The van der Waals surface area contributed by atoms with Gasteiger partial charge in [0.25, 0.3) is 0 Å². The molecule has 0 bridgehead atoms. The predicted molar refractivity (Wildman–Crippen MR) is 70.8 cm³/mol. The van der Waals surface area contributed by atoms with E-state index in [1.54, 1.807) is 0 Å². The van der Waals surface area contributed by atoms with Crippen molar-refractivity contribution in [2.75, 3.05) is 19.7 Å². The number of aryl methyl sites for hydroxylation is 1. The van der Waals surface area contributed by atoms with Gasteiger partial charge >= 0.3 is 0 Å². The summed E-state index contributed by atoms with van der Waals surface area (Å²) in [5, 5.41) is 8.17. The Kier molecular flexibility index (Phi) is 3.39. The van der Waals surface area contributed by atoms with Gasteiger partial charge in [-0.25, -0.2) is 4.68 Å². The first-order valence-electron chi connectivity index (χ1n) is 7.15. The molecule has 2 fully saturated rings. The Balaban J connectivity index is 1.89. The standard InChI is InChI=1S/C14H23N3O/c1-10-14(12-5-7-15-8-6-12)11(2)17(16-10)13-4-3-9-18-13/h12-13,15H,3-9H2,1-2H3. The Morgan fingerprint density at radius 2 is 2.00 bits per heavy atom. The number of ether oxygens (including phenoxy) is 1. The highest BCUT2D eigenvalue weighted by atomic mass is 16.5. The van der Waals surface area contributed by atoms with E-state index in [2.05, 4.69) is 23.8 Å². The number of aromatic nitrogens is 2. The van der Waals surface area contributed by atoms with Crippen molar-refractivity contribution in [3.05, 3.63) is 17.0 Å². The second-order valence-corrected chi connectivity index (χ2v) is 5.52. The van der Waals surface area contributed by atoms with Gasteiger partial charge in [-0.3, -0.25) is 0 Å². The van der Waals surface area contributed by atoms with Crippen LogP contribution in [0.4, 0.5) is 0 Å². The Morgan fingerprint density at radius 3 is 2.67 bits per heavy atom. The molecular formula is C14H23N3O. The van der Waals surface area contributed by atoms with Gasteiger partial charge in [-0.05, 0) is 64.1 Å². The molecule has 2 aliphatic rings. The summed E-state index contributed by atoms with van der Waals surface area (Å²) in [6.07, 6.45) is 4.91. The van der Waals surface area contributed by atoms with Gasteiger partial charge in [0, 0.05) is 12.3 Å². The summed E-state index contributed by atoms with van der Waals surface area (Å²) in [6.45, 7) is 7.50. The summed E-state index contributed by atoms with van der Waals surface area (Å²) in [4.78, 5) is 0. The van der Waals surface area contributed by atoms with E-state index in [0.717, 1.165) is 32.5 Å². The quantitative estimate of drug-likeness (QED) is 0.874. The molecule has 0 amide bonds. The number of nitrogens with one attached hydrogen (secondary N) is 1. The van der Waals surface area contributed by atoms with Gasteiger partial charge in [-0.15, -0.1) is 0 Å². The number of rotatable bonds is 2. The molecule has 3 heterocycles. The average Bonchev–Trinajstić information content (AvgIpc) is 2.99. The smallest absolute Gasteiger partial charge is 0.150 e. The highest BCUT2D eigenvalue weighted by Gasteiger charge is 2.26. The lowest BCUT2D eigenvalue weighted by Gasteiger charge is -2.23. The largest absolute Gasteiger partial charge is 0.357 e. The van der Waals surface area contributed by atoms with E-state index in [0.29, 0.717) is 5.92 Å². The van der Waals surface area contributed by atoms with Gasteiger partial charge in [0.15, 0.2) is 6.23 Å². The normalized spacial score (nSPS) is 25.8. The zero-order chi connectivity index (χ0) is 12.5. The summed E-state index contributed by atoms with van der Waals surface area (Å²) in [6, 6.07) is 0. The van der Waals surface area contributed by atoms with Crippen LogP contribution in [-0.2, 0) is 4.74 Å².